The summed E-state index contributed by atoms with van der Waals surface area (Å²) in [6.45, 7) is 2.05. The molecule has 1 heterocycles. The summed E-state index contributed by atoms with van der Waals surface area (Å²) in [4.78, 5) is 24.7. The van der Waals surface area contributed by atoms with Crippen molar-refractivity contribution in [1.82, 2.24) is 4.90 Å². The lowest BCUT2D eigenvalue weighted by Crippen LogP contribution is -2.33. The van der Waals surface area contributed by atoms with Gasteiger partial charge in [-0.25, -0.2) is 0 Å². The van der Waals surface area contributed by atoms with Crippen LogP contribution in [0.1, 0.15) is 16.7 Å². The maximum atomic E-state index is 12.3. The molecule has 5 nitrogen and oxygen atoms in total. The highest BCUT2D eigenvalue weighted by Crippen LogP contribution is 2.32. The molecular formula is C20H17NO4S2. The minimum absolute atomic E-state index is 0.250. The first-order chi connectivity index (χ1) is 12.9. The van der Waals surface area contributed by atoms with Gasteiger partial charge in [-0.3, -0.25) is 14.5 Å². The molecule has 0 radical (unpaired) electrons. The second-order valence-corrected chi connectivity index (χ2v) is 7.68. The second kappa shape index (κ2) is 8.37. The highest BCUT2D eigenvalue weighted by molar-refractivity contribution is 8.26. The summed E-state index contributed by atoms with van der Waals surface area (Å²) in [6.07, 6.45) is 1.69. The summed E-state index contributed by atoms with van der Waals surface area (Å²) < 4.78 is 6.07. The summed E-state index contributed by atoms with van der Waals surface area (Å²) in [5, 5.41) is 8.89. The number of carboxylic acid groups (broad SMARTS) is 1. The number of hydrogen-bond donors (Lipinski definition) is 1. The Morgan fingerprint density at radius 2 is 2.00 bits per heavy atom. The summed E-state index contributed by atoms with van der Waals surface area (Å²) >= 11 is 6.20. The van der Waals surface area contributed by atoms with Gasteiger partial charge in [-0.05, 0) is 36.3 Å². The van der Waals surface area contributed by atoms with Gasteiger partial charge < -0.3 is 9.84 Å². The summed E-state index contributed by atoms with van der Waals surface area (Å²) in [5.74, 6) is -0.803. The van der Waals surface area contributed by atoms with E-state index < -0.39 is 18.4 Å². The standard InChI is InChI=1S/C20H17NO4S2/c1-13-5-7-14(8-6-13)12-25-16-4-2-3-15(9-16)10-17-19(24)21(11-18(22)23)20(26)27-17/h2-10H,11-12H2,1H3,(H,22,23)/b17-10-. The molecule has 1 saturated heterocycles. The SMILES string of the molecule is Cc1ccc(COc2cccc(/C=C3\SC(=S)N(CC(=O)O)C3=O)c2)cc1. The normalized spacial score (nSPS) is 15.4. The Kier molecular flexibility index (Phi) is 5.93. The monoisotopic (exact) mass is 399 g/mol. The Labute approximate surface area is 166 Å². The minimum atomic E-state index is -1.10. The molecule has 1 aliphatic rings. The molecular weight excluding hydrogens is 382 g/mol. The highest BCUT2D eigenvalue weighted by atomic mass is 32.2. The van der Waals surface area contributed by atoms with Crippen molar-refractivity contribution in [3.63, 3.8) is 0 Å². The molecule has 1 amide bonds. The molecule has 0 unspecified atom stereocenters. The lowest BCUT2D eigenvalue weighted by Gasteiger charge is -2.10. The number of rotatable bonds is 6. The molecule has 1 N–H and O–H groups in total. The van der Waals surface area contributed by atoms with E-state index in [0.717, 1.165) is 27.8 Å². The van der Waals surface area contributed by atoms with Crippen molar-refractivity contribution in [3.05, 3.63) is 70.1 Å². The minimum Gasteiger partial charge on any atom is -0.489 e. The zero-order valence-corrected chi connectivity index (χ0v) is 16.2. The van der Waals surface area contributed by atoms with E-state index in [1.54, 1.807) is 6.08 Å². The van der Waals surface area contributed by atoms with Gasteiger partial charge >= 0.3 is 5.97 Å². The maximum absolute atomic E-state index is 12.3. The first-order valence-electron chi connectivity index (χ1n) is 8.18. The largest absolute Gasteiger partial charge is 0.489 e. The first-order valence-corrected chi connectivity index (χ1v) is 9.40. The van der Waals surface area contributed by atoms with Crippen LogP contribution in [0.25, 0.3) is 6.08 Å². The topological polar surface area (TPSA) is 66.8 Å². The van der Waals surface area contributed by atoms with E-state index in [-0.39, 0.29) is 4.32 Å². The van der Waals surface area contributed by atoms with E-state index >= 15 is 0 Å². The van der Waals surface area contributed by atoms with Crippen LogP contribution in [0.15, 0.2) is 53.4 Å². The van der Waals surface area contributed by atoms with Crippen LogP contribution in [0.2, 0.25) is 0 Å². The first kappa shape index (κ1) is 19.1. The van der Waals surface area contributed by atoms with Gasteiger partial charge in [0, 0.05) is 0 Å². The fourth-order valence-electron chi connectivity index (χ4n) is 2.47. The molecule has 138 valence electrons. The van der Waals surface area contributed by atoms with Crippen molar-refractivity contribution >= 4 is 46.3 Å². The Bertz CT molecular complexity index is 922. The molecule has 7 heteroatoms. The zero-order chi connectivity index (χ0) is 19.4. The van der Waals surface area contributed by atoms with E-state index in [2.05, 4.69) is 0 Å². The number of carboxylic acids is 1. The van der Waals surface area contributed by atoms with Crippen LogP contribution in [0.3, 0.4) is 0 Å². The number of thioether (sulfide) groups is 1. The van der Waals surface area contributed by atoms with Gasteiger partial charge in [-0.2, -0.15) is 0 Å². The molecule has 1 fully saturated rings. The average molecular weight is 399 g/mol. The van der Waals surface area contributed by atoms with Gasteiger partial charge in [0.15, 0.2) is 0 Å². The van der Waals surface area contributed by atoms with E-state index in [9.17, 15) is 9.59 Å². The van der Waals surface area contributed by atoms with Crippen molar-refractivity contribution in [1.29, 1.82) is 0 Å². The number of carbonyl (C=O) groups excluding carboxylic acids is 1. The van der Waals surface area contributed by atoms with Gasteiger partial charge in [-0.1, -0.05) is 65.9 Å². The van der Waals surface area contributed by atoms with E-state index in [0.29, 0.717) is 17.3 Å². The van der Waals surface area contributed by atoms with Crippen LogP contribution >= 0.6 is 24.0 Å². The maximum Gasteiger partial charge on any atom is 0.323 e. The lowest BCUT2D eigenvalue weighted by molar-refractivity contribution is -0.140. The van der Waals surface area contributed by atoms with Crippen LogP contribution in [0, 0.1) is 6.92 Å². The van der Waals surface area contributed by atoms with Crippen LogP contribution in [-0.4, -0.2) is 32.7 Å². The van der Waals surface area contributed by atoms with Crippen LogP contribution in [0.5, 0.6) is 5.75 Å². The fourth-order valence-corrected chi connectivity index (χ4v) is 3.72. The molecule has 3 rings (SSSR count). The van der Waals surface area contributed by atoms with Crippen LogP contribution in [0.4, 0.5) is 0 Å². The second-order valence-electron chi connectivity index (χ2n) is 6.01. The van der Waals surface area contributed by atoms with Crippen molar-refractivity contribution in [2.45, 2.75) is 13.5 Å². The molecule has 1 aliphatic heterocycles. The van der Waals surface area contributed by atoms with Gasteiger partial charge in [0.05, 0.1) is 4.91 Å². The van der Waals surface area contributed by atoms with Gasteiger partial charge in [0.2, 0.25) is 0 Å². The zero-order valence-electron chi connectivity index (χ0n) is 14.5. The number of thiocarbonyl (C=S) groups is 1. The third-order valence-corrected chi connectivity index (χ3v) is 5.23. The number of amides is 1. The molecule has 0 saturated carbocycles. The van der Waals surface area contributed by atoms with Gasteiger partial charge in [0.25, 0.3) is 5.91 Å². The Morgan fingerprint density at radius 3 is 2.70 bits per heavy atom. The molecule has 0 spiro atoms. The number of ether oxygens (including phenoxy) is 1. The molecule has 2 aromatic carbocycles. The van der Waals surface area contributed by atoms with Crippen LogP contribution < -0.4 is 4.74 Å². The van der Waals surface area contributed by atoms with Gasteiger partial charge in [-0.15, -0.1) is 0 Å². The lowest BCUT2D eigenvalue weighted by atomic mass is 10.1. The Hall–Kier alpha value is -2.64. The highest BCUT2D eigenvalue weighted by Gasteiger charge is 2.33. The van der Waals surface area contributed by atoms with Crippen molar-refractivity contribution in [2.24, 2.45) is 0 Å². The van der Waals surface area contributed by atoms with Crippen LogP contribution in [-0.2, 0) is 16.2 Å². The number of aliphatic carboxylic acids is 1. The summed E-state index contributed by atoms with van der Waals surface area (Å²) in [7, 11) is 0. The molecule has 0 aliphatic carbocycles. The predicted molar refractivity (Wildman–Crippen MR) is 109 cm³/mol. The third-order valence-electron chi connectivity index (χ3n) is 3.85. The van der Waals surface area contributed by atoms with E-state index in [1.165, 1.54) is 5.56 Å². The van der Waals surface area contributed by atoms with Crippen molar-refractivity contribution < 1.29 is 19.4 Å². The smallest absolute Gasteiger partial charge is 0.323 e. The average Bonchev–Trinajstić information content (AvgIpc) is 2.89. The summed E-state index contributed by atoms with van der Waals surface area (Å²) in [5.41, 5.74) is 3.05. The quantitative estimate of drug-likeness (QED) is 0.588. The number of hydrogen-bond acceptors (Lipinski definition) is 5. The van der Waals surface area contributed by atoms with Crippen molar-refractivity contribution in [2.75, 3.05) is 6.54 Å². The fraction of sp³-hybridized carbons (Fsp3) is 0.150. The summed E-state index contributed by atoms with van der Waals surface area (Å²) in [6, 6.07) is 15.5. The predicted octanol–water partition coefficient (Wildman–Crippen LogP) is 3.86. The van der Waals surface area contributed by atoms with Gasteiger partial charge in [0.1, 0.15) is 23.2 Å². The Balaban J connectivity index is 1.71. The number of benzene rings is 2. The molecule has 27 heavy (non-hydrogen) atoms. The third kappa shape index (κ3) is 4.96. The molecule has 0 atom stereocenters. The number of carbonyl (C=O) groups is 2. The number of aryl methyl sites for hydroxylation is 1. The molecule has 0 bridgehead atoms. The van der Waals surface area contributed by atoms with E-state index in [4.69, 9.17) is 22.1 Å². The van der Waals surface area contributed by atoms with Crippen molar-refractivity contribution in [3.8, 4) is 5.75 Å². The Morgan fingerprint density at radius 1 is 1.26 bits per heavy atom. The molecule has 0 aromatic heterocycles. The van der Waals surface area contributed by atoms with E-state index in [1.807, 2.05) is 55.5 Å². The number of nitrogens with zero attached hydrogens (tertiary/aromatic N) is 1. The molecule has 2 aromatic rings.